The summed E-state index contributed by atoms with van der Waals surface area (Å²) in [7, 11) is 4.25. The van der Waals surface area contributed by atoms with Crippen LogP contribution in [0, 0.1) is 5.92 Å². The molecule has 35 heavy (non-hydrogen) atoms. The van der Waals surface area contributed by atoms with Crippen LogP contribution < -0.4 is 5.73 Å². The highest BCUT2D eigenvalue weighted by Gasteiger charge is 2.34. The van der Waals surface area contributed by atoms with Crippen molar-refractivity contribution in [2.75, 3.05) is 26.4 Å². The summed E-state index contributed by atoms with van der Waals surface area (Å²) >= 11 is 6.82. The molecule has 0 aliphatic heterocycles. The lowest BCUT2D eigenvalue weighted by atomic mass is 9.74. The number of aromatic nitrogens is 4. The molecular formula is C28H27ClN6. The Morgan fingerprint density at radius 1 is 1.06 bits per heavy atom. The van der Waals surface area contributed by atoms with E-state index < -0.39 is 0 Å². The first kappa shape index (κ1) is 22.0. The quantitative estimate of drug-likeness (QED) is 0.337. The third-order valence-electron chi connectivity index (χ3n) is 6.94. The molecule has 2 aromatic carbocycles. The molecule has 5 aromatic rings. The summed E-state index contributed by atoms with van der Waals surface area (Å²) in [6, 6.07) is 18.3. The molecule has 0 atom stereocenters. The van der Waals surface area contributed by atoms with Crippen molar-refractivity contribution in [2.24, 2.45) is 5.92 Å². The molecule has 176 valence electrons. The maximum absolute atomic E-state index is 6.82. The number of pyridine rings is 1. The fraction of sp³-hybridized carbons (Fsp3) is 0.250. The van der Waals surface area contributed by atoms with Crippen molar-refractivity contribution in [2.45, 2.75) is 18.8 Å². The Labute approximate surface area is 209 Å². The Kier molecular flexibility index (Phi) is 5.43. The van der Waals surface area contributed by atoms with E-state index in [9.17, 15) is 0 Å². The van der Waals surface area contributed by atoms with Crippen LogP contribution in [0.5, 0.6) is 0 Å². The minimum absolute atomic E-state index is 0.394. The van der Waals surface area contributed by atoms with E-state index >= 15 is 0 Å². The van der Waals surface area contributed by atoms with Crippen LogP contribution in [0.3, 0.4) is 0 Å². The number of nitrogens with zero attached hydrogens (tertiary/aromatic N) is 5. The van der Waals surface area contributed by atoms with Gasteiger partial charge in [-0.15, -0.1) is 0 Å². The number of hydrogen-bond acceptors (Lipinski definition) is 5. The van der Waals surface area contributed by atoms with Gasteiger partial charge in [0.2, 0.25) is 0 Å². The summed E-state index contributed by atoms with van der Waals surface area (Å²) in [4.78, 5) is 16.7. The highest BCUT2D eigenvalue weighted by molar-refractivity contribution is 6.34. The largest absolute Gasteiger partial charge is 0.382 e. The van der Waals surface area contributed by atoms with Gasteiger partial charge in [0.1, 0.15) is 22.9 Å². The molecule has 1 aliphatic carbocycles. The number of halogens is 1. The minimum Gasteiger partial charge on any atom is -0.382 e. The molecule has 7 heteroatoms. The summed E-state index contributed by atoms with van der Waals surface area (Å²) in [5.74, 6) is 2.56. The van der Waals surface area contributed by atoms with Crippen LogP contribution in [0.4, 0.5) is 5.82 Å². The average Bonchev–Trinajstić information content (AvgIpc) is 3.21. The Morgan fingerprint density at radius 2 is 1.86 bits per heavy atom. The summed E-state index contributed by atoms with van der Waals surface area (Å²) in [6.07, 6.45) is 5.93. The van der Waals surface area contributed by atoms with E-state index in [1.165, 1.54) is 0 Å². The number of rotatable bonds is 5. The number of imidazole rings is 1. The molecule has 0 amide bonds. The lowest BCUT2D eigenvalue weighted by molar-refractivity contribution is 0.194. The van der Waals surface area contributed by atoms with E-state index in [0.29, 0.717) is 22.7 Å². The van der Waals surface area contributed by atoms with Crippen LogP contribution in [0.25, 0.3) is 38.9 Å². The minimum atomic E-state index is 0.394. The second kappa shape index (κ2) is 8.63. The van der Waals surface area contributed by atoms with Crippen molar-refractivity contribution in [3.05, 3.63) is 77.8 Å². The van der Waals surface area contributed by atoms with Crippen molar-refractivity contribution in [3.8, 4) is 22.5 Å². The molecule has 0 unspecified atom stereocenters. The van der Waals surface area contributed by atoms with Gasteiger partial charge in [-0.1, -0.05) is 48.0 Å². The number of anilines is 1. The van der Waals surface area contributed by atoms with Crippen LogP contribution in [-0.4, -0.2) is 44.9 Å². The Morgan fingerprint density at radius 3 is 2.63 bits per heavy atom. The zero-order valence-electron chi connectivity index (χ0n) is 19.8. The standard InChI is InChI=1S/C28H27ClN6/c1-34(2)16-17-12-20(13-17)28-33-25(26-27(30)31-10-11-35(26)28)21-15-24-19(14-22(21)29)8-9-23(32-24)18-6-4-3-5-7-18/h3-11,14-15,17,20H,12-13,16H2,1-2H3,(H2,30,31). The van der Waals surface area contributed by atoms with Crippen molar-refractivity contribution < 1.29 is 0 Å². The fourth-order valence-electron chi connectivity index (χ4n) is 5.27. The second-order valence-corrected chi connectivity index (χ2v) is 10.1. The molecule has 0 spiro atoms. The summed E-state index contributed by atoms with van der Waals surface area (Å²) in [6.45, 7) is 1.10. The molecule has 3 aromatic heterocycles. The van der Waals surface area contributed by atoms with Gasteiger partial charge in [0.25, 0.3) is 0 Å². The van der Waals surface area contributed by atoms with Gasteiger partial charge in [0, 0.05) is 41.4 Å². The summed E-state index contributed by atoms with van der Waals surface area (Å²) < 4.78 is 2.10. The highest BCUT2D eigenvalue weighted by Crippen LogP contribution is 2.44. The van der Waals surface area contributed by atoms with Crippen LogP contribution >= 0.6 is 11.6 Å². The molecular weight excluding hydrogens is 456 g/mol. The van der Waals surface area contributed by atoms with Crippen LogP contribution in [0.1, 0.15) is 24.6 Å². The first-order valence-electron chi connectivity index (χ1n) is 11.9. The zero-order valence-corrected chi connectivity index (χ0v) is 20.6. The number of nitrogens with two attached hydrogens (primary N) is 1. The van der Waals surface area contributed by atoms with E-state index in [2.05, 4.69) is 46.6 Å². The maximum atomic E-state index is 6.82. The second-order valence-electron chi connectivity index (χ2n) is 9.73. The summed E-state index contributed by atoms with van der Waals surface area (Å²) in [5.41, 5.74) is 11.6. The van der Waals surface area contributed by atoms with E-state index in [1.807, 2.05) is 42.6 Å². The van der Waals surface area contributed by atoms with E-state index in [1.54, 1.807) is 6.20 Å². The molecule has 3 heterocycles. The predicted octanol–water partition coefficient (Wildman–Crippen LogP) is 5.90. The highest BCUT2D eigenvalue weighted by atomic mass is 35.5. The van der Waals surface area contributed by atoms with Crippen molar-refractivity contribution in [1.82, 2.24) is 24.3 Å². The summed E-state index contributed by atoms with van der Waals surface area (Å²) in [5, 5.41) is 1.61. The van der Waals surface area contributed by atoms with Crippen molar-refractivity contribution >= 4 is 33.8 Å². The topological polar surface area (TPSA) is 72.3 Å². The van der Waals surface area contributed by atoms with Crippen LogP contribution in [0.2, 0.25) is 5.02 Å². The van der Waals surface area contributed by atoms with Crippen molar-refractivity contribution in [3.63, 3.8) is 0 Å². The molecule has 6 nitrogen and oxygen atoms in total. The van der Waals surface area contributed by atoms with Crippen LogP contribution in [0.15, 0.2) is 67.0 Å². The average molecular weight is 483 g/mol. The number of benzene rings is 2. The SMILES string of the molecule is CN(C)CC1CC(c2nc(-c3cc4nc(-c5ccccc5)ccc4cc3Cl)c3c(N)nccn23)C1. The maximum Gasteiger partial charge on any atom is 0.150 e. The molecule has 1 fully saturated rings. The third kappa shape index (κ3) is 3.93. The van der Waals surface area contributed by atoms with Gasteiger partial charge >= 0.3 is 0 Å². The van der Waals surface area contributed by atoms with Gasteiger partial charge < -0.3 is 10.6 Å². The van der Waals surface area contributed by atoms with Gasteiger partial charge in [-0.3, -0.25) is 4.40 Å². The Hall–Kier alpha value is -3.48. The molecule has 0 bridgehead atoms. The zero-order chi connectivity index (χ0) is 24.1. The monoisotopic (exact) mass is 482 g/mol. The molecule has 1 aliphatic rings. The molecule has 6 rings (SSSR count). The van der Waals surface area contributed by atoms with Gasteiger partial charge in [-0.05, 0) is 51.1 Å². The smallest absolute Gasteiger partial charge is 0.150 e. The first-order chi connectivity index (χ1) is 17.0. The number of hydrogen-bond donors (Lipinski definition) is 1. The normalized spacial score (nSPS) is 17.8. The fourth-order valence-corrected chi connectivity index (χ4v) is 5.53. The molecule has 0 radical (unpaired) electrons. The Balaban J connectivity index is 1.46. The van der Waals surface area contributed by atoms with E-state index in [0.717, 1.165) is 64.1 Å². The lowest BCUT2D eigenvalue weighted by Gasteiger charge is -2.36. The Bertz CT molecular complexity index is 1540. The lowest BCUT2D eigenvalue weighted by Crippen LogP contribution is -2.32. The van der Waals surface area contributed by atoms with Gasteiger partial charge in [0.05, 0.1) is 16.2 Å². The van der Waals surface area contributed by atoms with E-state index in [-0.39, 0.29) is 0 Å². The number of nitrogen functional groups attached to an aromatic ring is 1. The molecule has 1 saturated carbocycles. The third-order valence-corrected chi connectivity index (χ3v) is 7.25. The van der Waals surface area contributed by atoms with Crippen molar-refractivity contribution in [1.29, 1.82) is 0 Å². The molecule has 2 N–H and O–H groups in total. The number of fused-ring (bicyclic) bond motifs is 2. The van der Waals surface area contributed by atoms with Gasteiger partial charge in [-0.25, -0.2) is 15.0 Å². The van der Waals surface area contributed by atoms with Crippen LogP contribution in [-0.2, 0) is 0 Å². The first-order valence-corrected chi connectivity index (χ1v) is 12.3. The van der Waals surface area contributed by atoms with Gasteiger partial charge in [0.15, 0.2) is 0 Å². The van der Waals surface area contributed by atoms with E-state index in [4.69, 9.17) is 27.3 Å². The molecule has 0 saturated heterocycles. The predicted molar refractivity (Wildman–Crippen MR) is 143 cm³/mol. The van der Waals surface area contributed by atoms with Gasteiger partial charge in [-0.2, -0.15) is 0 Å².